The van der Waals surface area contributed by atoms with E-state index < -0.39 is 6.09 Å². The number of nitrogens with one attached hydrogen (secondary N) is 2. The minimum Gasteiger partial charge on any atom is -0.465 e. The topological polar surface area (TPSA) is 130 Å². The van der Waals surface area contributed by atoms with E-state index in [-0.39, 0.29) is 24.2 Å². The molecule has 11 heteroatoms. The van der Waals surface area contributed by atoms with Crippen molar-refractivity contribution in [1.82, 2.24) is 19.9 Å². The zero-order valence-corrected chi connectivity index (χ0v) is 24.5. The predicted molar refractivity (Wildman–Crippen MR) is 169 cm³/mol. The molecule has 3 N–H and O–H groups in total. The van der Waals surface area contributed by atoms with Crippen molar-refractivity contribution in [2.75, 3.05) is 23.7 Å². The molecule has 1 atom stereocenters. The number of hydrogen-bond donors (Lipinski definition) is 3. The van der Waals surface area contributed by atoms with Gasteiger partial charge in [0.15, 0.2) is 0 Å². The number of likely N-dealkylation sites (tertiary alicyclic amines) is 1. The number of benzene rings is 3. The number of piperidine rings is 1. The summed E-state index contributed by atoms with van der Waals surface area (Å²) in [7, 11) is 0. The van der Waals surface area contributed by atoms with E-state index in [2.05, 4.69) is 20.6 Å². The summed E-state index contributed by atoms with van der Waals surface area (Å²) in [5, 5.41) is 17.2. The molecule has 1 aliphatic rings. The summed E-state index contributed by atoms with van der Waals surface area (Å²) in [6, 6.07) is 20.7. The van der Waals surface area contributed by atoms with Crippen molar-refractivity contribution in [1.29, 1.82) is 0 Å². The molecule has 0 radical (unpaired) electrons. The van der Waals surface area contributed by atoms with Crippen molar-refractivity contribution in [2.45, 2.75) is 32.2 Å². The van der Waals surface area contributed by atoms with Crippen LogP contribution in [0.2, 0.25) is 0 Å². The molecule has 3 heterocycles. The van der Waals surface area contributed by atoms with Crippen LogP contribution < -0.4 is 15.4 Å². The molecule has 3 aromatic carbocycles. The molecule has 45 heavy (non-hydrogen) atoms. The summed E-state index contributed by atoms with van der Waals surface area (Å²) in [6.07, 6.45) is 4.03. The van der Waals surface area contributed by atoms with E-state index in [9.17, 15) is 19.1 Å². The first-order chi connectivity index (χ1) is 21.8. The lowest BCUT2D eigenvalue weighted by atomic mass is 10.0. The number of anilines is 2. The van der Waals surface area contributed by atoms with Gasteiger partial charge in [0.1, 0.15) is 11.6 Å². The SMILES string of the molecule is Cc1ccc2c(NC(=O)Cc3ccc(F)cc3)cccc2c1Oc1ncccc1-c1ccnc(NC2CCCN(C(=O)O)C2)n1. The number of aryl methyl sites for hydroxylation is 1. The van der Waals surface area contributed by atoms with E-state index in [1.807, 2.05) is 43.3 Å². The molecule has 10 nitrogen and oxygen atoms in total. The number of hydrogen-bond acceptors (Lipinski definition) is 7. The summed E-state index contributed by atoms with van der Waals surface area (Å²) < 4.78 is 19.8. The maximum absolute atomic E-state index is 13.3. The molecule has 0 aliphatic carbocycles. The first-order valence-corrected chi connectivity index (χ1v) is 14.6. The Morgan fingerprint density at radius 1 is 1.00 bits per heavy atom. The zero-order valence-electron chi connectivity index (χ0n) is 24.5. The highest BCUT2D eigenvalue weighted by atomic mass is 19.1. The Labute approximate surface area is 258 Å². The molecule has 228 valence electrons. The van der Waals surface area contributed by atoms with Crippen molar-refractivity contribution < 1.29 is 23.8 Å². The van der Waals surface area contributed by atoms with Gasteiger partial charge in [-0.1, -0.05) is 36.4 Å². The van der Waals surface area contributed by atoms with Crippen LogP contribution in [0.15, 0.2) is 85.2 Å². The molecule has 2 aromatic heterocycles. The molecule has 1 aliphatic heterocycles. The first kappa shape index (κ1) is 29.5. The van der Waals surface area contributed by atoms with E-state index in [1.165, 1.54) is 17.0 Å². The predicted octanol–water partition coefficient (Wildman–Crippen LogP) is 6.67. The highest BCUT2D eigenvalue weighted by molar-refractivity contribution is 6.05. The molecule has 1 fully saturated rings. The van der Waals surface area contributed by atoms with E-state index in [1.54, 1.807) is 36.7 Å². The third kappa shape index (κ3) is 6.82. The summed E-state index contributed by atoms with van der Waals surface area (Å²) in [5.41, 5.74) is 3.45. The Bertz CT molecular complexity index is 1870. The fraction of sp³-hybridized carbons (Fsp3) is 0.206. The summed E-state index contributed by atoms with van der Waals surface area (Å²) in [5.74, 6) is 0.754. The molecule has 2 amide bonds. The van der Waals surface area contributed by atoms with Gasteiger partial charge in [-0.05, 0) is 67.3 Å². The number of halogens is 1. The van der Waals surface area contributed by atoms with Crippen molar-refractivity contribution >= 4 is 34.4 Å². The van der Waals surface area contributed by atoms with Gasteiger partial charge in [0.05, 0.1) is 17.7 Å². The average Bonchev–Trinajstić information content (AvgIpc) is 3.04. The van der Waals surface area contributed by atoms with Crippen LogP contribution in [0.25, 0.3) is 22.0 Å². The average molecular weight is 607 g/mol. The second-order valence-corrected chi connectivity index (χ2v) is 10.9. The normalized spacial score (nSPS) is 14.6. The monoisotopic (exact) mass is 606 g/mol. The second-order valence-electron chi connectivity index (χ2n) is 10.9. The lowest BCUT2D eigenvalue weighted by Crippen LogP contribution is -2.44. The van der Waals surface area contributed by atoms with Gasteiger partial charge < -0.3 is 25.4 Å². The van der Waals surface area contributed by atoms with E-state index in [4.69, 9.17) is 9.72 Å². The van der Waals surface area contributed by atoms with Gasteiger partial charge in [-0.2, -0.15) is 0 Å². The molecule has 0 spiro atoms. The molecule has 1 saturated heterocycles. The smallest absolute Gasteiger partial charge is 0.407 e. The molecule has 5 aromatic rings. The van der Waals surface area contributed by atoms with Crippen LogP contribution in [0.3, 0.4) is 0 Å². The number of rotatable bonds is 8. The number of pyridine rings is 1. The fourth-order valence-corrected chi connectivity index (χ4v) is 5.46. The number of fused-ring (bicyclic) bond motifs is 1. The Kier molecular flexibility index (Phi) is 8.50. The minimum atomic E-state index is -0.934. The summed E-state index contributed by atoms with van der Waals surface area (Å²) in [6.45, 7) is 2.82. The Morgan fingerprint density at radius 3 is 2.67 bits per heavy atom. The first-order valence-electron chi connectivity index (χ1n) is 14.6. The lowest BCUT2D eigenvalue weighted by Gasteiger charge is -2.31. The lowest BCUT2D eigenvalue weighted by molar-refractivity contribution is -0.115. The Morgan fingerprint density at radius 2 is 1.84 bits per heavy atom. The van der Waals surface area contributed by atoms with Crippen LogP contribution in [0.5, 0.6) is 11.6 Å². The molecule has 6 rings (SSSR count). The number of ether oxygens (including phenoxy) is 1. The largest absolute Gasteiger partial charge is 0.465 e. The van der Waals surface area contributed by atoms with Crippen LogP contribution >= 0.6 is 0 Å². The van der Waals surface area contributed by atoms with Crippen LogP contribution in [0.1, 0.15) is 24.0 Å². The fourth-order valence-electron chi connectivity index (χ4n) is 5.46. The molecular weight excluding hydrogens is 575 g/mol. The van der Waals surface area contributed by atoms with Gasteiger partial charge in [-0.25, -0.2) is 24.1 Å². The third-order valence-electron chi connectivity index (χ3n) is 7.69. The highest BCUT2D eigenvalue weighted by Gasteiger charge is 2.24. The van der Waals surface area contributed by atoms with Crippen LogP contribution in [0, 0.1) is 12.7 Å². The Hall–Kier alpha value is -5.58. The maximum atomic E-state index is 13.3. The number of carboxylic acid groups (broad SMARTS) is 1. The van der Waals surface area contributed by atoms with Gasteiger partial charge in [-0.3, -0.25) is 4.79 Å². The number of carbonyl (C=O) groups is 2. The summed E-state index contributed by atoms with van der Waals surface area (Å²) >= 11 is 0. The van der Waals surface area contributed by atoms with Crippen LogP contribution in [-0.2, 0) is 11.2 Å². The number of nitrogens with zero attached hydrogens (tertiary/aromatic N) is 4. The van der Waals surface area contributed by atoms with Gasteiger partial charge in [0.25, 0.3) is 0 Å². The molecule has 0 bridgehead atoms. The van der Waals surface area contributed by atoms with Gasteiger partial charge in [0, 0.05) is 48.0 Å². The van der Waals surface area contributed by atoms with E-state index >= 15 is 0 Å². The second kappa shape index (κ2) is 13.0. The van der Waals surface area contributed by atoms with Gasteiger partial charge in [0.2, 0.25) is 17.7 Å². The number of carbonyl (C=O) groups excluding carboxylic acids is 1. The van der Waals surface area contributed by atoms with Crippen LogP contribution in [-0.4, -0.2) is 56.1 Å². The zero-order chi connectivity index (χ0) is 31.3. The van der Waals surface area contributed by atoms with Gasteiger partial charge in [-0.15, -0.1) is 0 Å². The quantitative estimate of drug-likeness (QED) is 0.179. The number of amides is 2. The molecule has 0 saturated carbocycles. The van der Waals surface area contributed by atoms with Crippen molar-refractivity contribution in [2.24, 2.45) is 0 Å². The van der Waals surface area contributed by atoms with Crippen LogP contribution in [0.4, 0.5) is 20.8 Å². The van der Waals surface area contributed by atoms with E-state index in [0.29, 0.717) is 53.2 Å². The van der Waals surface area contributed by atoms with Crippen molar-refractivity contribution in [3.63, 3.8) is 0 Å². The maximum Gasteiger partial charge on any atom is 0.407 e. The van der Waals surface area contributed by atoms with Crippen molar-refractivity contribution in [3.8, 4) is 22.9 Å². The summed E-state index contributed by atoms with van der Waals surface area (Å²) in [4.78, 5) is 39.3. The number of aromatic nitrogens is 3. The van der Waals surface area contributed by atoms with E-state index in [0.717, 1.165) is 29.2 Å². The third-order valence-corrected chi connectivity index (χ3v) is 7.69. The van der Waals surface area contributed by atoms with Gasteiger partial charge >= 0.3 is 6.09 Å². The molecule has 1 unspecified atom stereocenters. The highest BCUT2D eigenvalue weighted by Crippen LogP contribution is 2.38. The minimum absolute atomic E-state index is 0.0987. The standard InChI is InChI=1S/C34H31FN6O4/c1-21-9-14-25-26(6-2-8-28(25)39-30(42)19-22-10-12-23(35)13-11-22)31(21)45-32-27(7-3-16-36-32)29-15-17-37-33(40-29)38-24-5-4-18-41(20-24)34(43)44/h2-3,6-17,24H,4-5,18-20H2,1H3,(H,39,42)(H,43,44)(H,37,38,40). The Balaban J connectivity index is 1.25. The molecular formula is C34H31FN6O4. The van der Waals surface area contributed by atoms with Crippen molar-refractivity contribution in [3.05, 3.63) is 102 Å².